The van der Waals surface area contributed by atoms with Gasteiger partial charge < -0.3 is 15.1 Å². The molecule has 4 rings (SSSR count). The van der Waals surface area contributed by atoms with Gasteiger partial charge in [0.2, 0.25) is 5.91 Å². The van der Waals surface area contributed by atoms with Crippen molar-refractivity contribution in [3.8, 4) is 0 Å². The van der Waals surface area contributed by atoms with Gasteiger partial charge in [0.25, 0.3) is 5.91 Å². The fraction of sp³-hybridized carbons (Fsp3) is 0.250. The van der Waals surface area contributed by atoms with E-state index in [4.69, 9.17) is 4.42 Å². The molecule has 5 heteroatoms. The van der Waals surface area contributed by atoms with Crippen LogP contribution >= 0.6 is 0 Å². The summed E-state index contributed by atoms with van der Waals surface area (Å²) in [6.07, 6.45) is 5.24. The Hall–Kier alpha value is -3.34. The third-order valence-electron chi connectivity index (χ3n) is 5.64. The molecule has 0 aliphatic heterocycles. The first-order chi connectivity index (χ1) is 14.2. The van der Waals surface area contributed by atoms with Crippen LogP contribution in [0.5, 0.6) is 0 Å². The summed E-state index contributed by atoms with van der Waals surface area (Å²) < 4.78 is 5.26. The minimum atomic E-state index is -0.543. The van der Waals surface area contributed by atoms with Crippen LogP contribution in [0.4, 0.5) is 5.69 Å². The lowest BCUT2D eigenvalue weighted by Gasteiger charge is -2.28. The maximum atomic E-state index is 13.4. The number of hydrogen-bond donors (Lipinski definition) is 2. The molecule has 3 aromatic rings. The van der Waals surface area contributed by atoms with Crippen molar-refractivity contribution in [2.45, 2.75) is 37.6 Å². The van der Waals surface area contributed by atoms with Crippen LogP contribution in [0.1, 0.15) is 47.4 Å². The van der Waals surface area contributed by atoms with E-state index in [-0.39, 0.29) is 11.8 Å². The minimum Gasteiger partial charge on any atom is -0.467 e. The summed E-state index contributed by atoms with van der Waals surface area (Å²) in [4.78, 5) is 26.1. The van der Waals surface area contributed by atoms with Crippen molar-refractivity contribution < 1.29 is 14.0 Å². The molecule has 1 aliphatic carbocycles. The number of hydrogen-bond acceptors (Lipinski definition) is 3. The van der Waals surface area contributed by atoms with Crippen molar-refractivity contribution in [3.63, 3.8) is 0 Å². The molecule has 0 radical (unpaired) electrons. The van der Waals surface area contributed by atoms with E-state index in [2.05, 4.69) is 10.6 Å². The number of furan rings is 1. The summed E-state index contributed by atoms with van der Waals surface area (Å²) in [6, 6.07) is 20.6. The largest absolute Gasteiger partial charge is 0.467 e. The number of anilines is 1. The predicted octanol–water partition coefficient (Wildman–Crippen LogP) is 4.66. The molecule has 0 saturated heterocycles. The van der Waals surface area contributed by atoms with Crippen molar-refractivity contribution in [3.05, 3.63) is 89.9 Å². The SMILES string of the molecule is O=C(NCc1ccco1)c1ccccc1NC(=O)C1(c2ccccc2)CCCC1. The molecule has 1 fully saturated rings. The van der Waals surface area contributed by atoms with Crippen LogP contribution in [0.2, 0.25) is 0 Å². The Kier molecular flexibility index (Phi) is 5.47. The summed E-state index contributed by atoms with van der Waals surface area (Å²) in [5.74, 6) is 0.374. The zero-order valence-electron chi connectivity index (χ0n) is 16.2. The first-order valence-corrected chi connectivity index (χ1v) is 9.96. The quantitative estimate of drug-likeness (QED) is 0.645. The first-order valence-electron chi connectivity index (χ1n) is 9.96. The molecule has 2 N–H and O–H groups in total. The van der Waals surface area contributed by atoms with Gasteiger partial charge in [0.1, 0.15) is 5.76 Å². The molecule has 148 valence electrons. The fourth-order valence-corrected chi connectivity index (χ4v) is 4.09. The Morgan fingerprint density at radius 3 is 2.34 bits per heavy atom. The Morgan fingerprint density at radius 2 is 1.62 bits per heavy atom. The summed E-state index contributed by atoms with van der Waals surface area (Å²) >= 11 is 0. The molecule has 1 saturated carbocycles. The molecular formula is C24H24N2O3. The smallest absolute Gasteiger partial charge is 0.253 e. The van der Waals surface area contributed by atoms with Crippen LogP contribution in [0.25, 0.3) is 0 Å². The number of benzene rings is 2. The Morgan fingerprint density at radius 1 is 0.897 bits per heavy atom. The summed E-state index contributed by atoms with van der Waals surface area (Å²) in [6.45, 7) is 0.294. The molecule has 0 spiro atoms. The van der Waals surface area contributed by atoms with Crippen LogP contribution in [-0.2, 0) is 16.8 Å². The zero-order chi connectivity index (χ0) is 20.1. The van der Waals surface area contributed by atoms with Gasteiger partial charge >= 0.3 is 0 Å². The van der Waals surface area contributed by atoms with Crippen LogP contribution < -0.4 is 10.6 Å². The number of nitrogens with one attached hydrogen (secondary N) is 2. The summed E-state index contributed by atoms with van der Waals surface area (Å²) in [7, 11) is 0. The van der Waals surface area contributed by atoms with Crippen molar-refractivity contribution in [2.24, 2.45) is 0 Å². The van der Waals surface area contributed by atoms with E-state index in [0.717, 1.165) is 31.2 Å². The highest BCUT2D eigenvalue weighted by molar-refractivity contribution is 6.06. The third-order valence-corrected chi connectivity index (χ3v) is 5.64. The van der Waals surface area contributed by atoms with Gasteiger partial charge in [-0.1, -0.05) is 55.3 Å². The molecule has 2 amide bonds. The second kappa shape index (κ2) is 8.35. The molecule has 0 bridgehead atoms. The maximum absolute atomic E-state index is 13.4. The third kappa shape index (κ3) is 3.94. The highest BCUT2D eigenvalue weighted by atomic mass is 16.3. The van der Waals surface area contributed by atoms with Crippen LogP contribution in [0.15, 0.2) is 77.4 Å². The molecule has 2 aromatic carbocycles. The summed E-state index contributed by atoms with van der Waals surface area (Å²) in [5, 5.41) is 5.88. The Labute approximate surface area is 170 Å². The van der Waals surface area contributed by atoms with Gasteiger partial charge in [-0.25, -0.2) is 0 Å². The second-order valence-electron chi connectivity index (χ2n) is 7.42. The molecule has 1 aromatic heterocycles. The minimum absolute atomic E-state index is 0.0486. The van der Waals surface area contributed by atoms with Gasteiger partial charge in [0.05, 0.1) is 29.5 Å². The molecule has 1 aliphatic rings. The van der Waals surface area contributed by atoms with Crippen LogP contribution in [0, 0.1) is 0 Å². The van der Waals surface area contributed by atoms with Crippen LogP contribution in [-0.4, -0.2) is 11.8 Å². The topological polar surface area (TPSA) is 71.3 Å². The summed E-state index contributed by atoms with van der Waals surface area (Å²) in [5.41, 5.74) is 1.46. The number of amides is 2. The monoisotopic (exact) mass is 388 g/mol. The molecular weight excluding hydrogens is 364 g/mol. The van der Waals surface area contributed by atoms with E-state index in [1.54, 1.807) is 36.6 Å². The van der Waals surface area contributed by atoms with Crippen molar-refractivity contribution >= 4 is 17.5 Å². The van der Waals surface area contributed by atoms with Gasteiger partial charge in [0, 0.05) is 0 Å². The van der Waals surface area contributed by atoms with Gasteiger partial charge in [0.15, 0.2) is 0 Å². The average Bonchev–Trinajstić information content (AvgIpc) is 3.46. The molecule has 5 nitrogen and oxygen atoms in total. The molecule has 0 atom stereocenters. The Balaban J connectivity index is 1.54. The van der Waals surface area contributed by atoms with E-state index >= 15 is 0 Å². The van der Waals surface area contributed by atoms with Gasteiger partial charge in [-0.2, -0.15) is 0 Å². The van der Waals surface area contributed by atoms with Gasteiger partial charge in [-0.15, -0.1) is 0 Å². The molecule has 0 unspecified atom stereocenters. The lowest BCUT2D eigenvalue weighted by atomic mass is 9.78. The number of rotatable bonds is 6. The maximum Gasteiger partial charge on any atom is 0.253 e. The number of carbonyl (C=O) groups excluding carboxylic acids is 2. The van der Waals surface area contributed by atoms with E-state index in [1.807, 2.05) is 36.4 Å². The lowest BCUT2D eigenvalue weighted by molar-refractivity contribution is -0.121. The van der Waals surface area contributed by atoms with Crippen molar-refractivity contribution in [2.75, 3.05) is 5.32 Å². The zero-order valence-corrected chi connectivity index (χ0v) is 16.2. The average molecular weight is 388 g/mol. The highest BCUT2D eigenvalue weighted by Crippen LogP contribution is 2.42. The van der Waals surface area contributed by atoms with E-state index in [9.17, 15) is 9.59 Å². The van der Waals surface area contributed by atoms with E-state index in [1.165, 1.54) is 0 Å². The number of carbonyl (C=O) groups is 2. The normalized spacial score (nSPS) is 15.0. The van der Waals surface area contributed by atoms with Crippen LogP contribution in [0.3, 0.4) is 0 Å². The van der Waals surface area contributed by atoms with Gasteiger partial charge in [-0.05, 0) is 42.7 Å². The highest BCUT2D eigenvalue weighted by Gasteiger charge is 2.42. The fourth-order valence-electron chi connectivity index (χ4n) is 4.09. The molecule has 1 heterocycles. The standard InChI is InChI=1S/C24H24N2O3/c27-22(25-17-19-11-8-16-29-19)20-12-4-5-13-21(20)26-23(28)24(14-6-7-15-24)18-9-2-1-3-10-18/h1-5,8-13,16H,6-7,14-15,17H2,(H,25,27)(H,26,28). The van der Waals surface area contributed by atoms with Crippen molar-refractivity contribution in [1.82, 2.24) is 5.32 Å². The van der Waals surface area contributed by atoms with E-state index in [0.29, 0.717) is 23.6 Å². The Bertz CT molecular complexity index is 974. The number of para-hydroxylation sites is 1. The molecule has 29 heavy (non-hydrogen) atoms. The van der Waals surface area contributed by atoms with E-state index < -0.39 is 5.41 Å². The second-order valence-corrected chi connectivity index (χ2v) is 7.42. The van der Waals surface area contributed by atoms with Gasteiger partial charge in [-0.3, -0.25) is 9.59 Å². The lowest BCUT2D eigenvalue weighted by Crippen LogP contribution is -2.38. The predicted molar refractivity (Wildman–Crippen MR) is 112 cm³/mol. The van der Waals surface area contributed by atoms with Crippen molar-refractivity contribution in [1.29, 1.82) is 0 Å². The first kappa shape index (κ1) is 19.0.